The van der Waals surface area contributed by atoms with Crippen molar-refractivity contribution < 1.29 is 56.8 Å². The van der Waals surface area contributed by atoms with Gasteiger partial charge >= 0.3 is 11.9 Å². The Morgan fingerprint density at radius 3 is 2.08 bits per heavy atom. The Balaban J connectivity index is 2.61. The lowest BCUT2D eigenvalue weighted by Gasteiger charge is -2.40. The van der Waals surface area contributed by atoms with Gasteiger partial charge in [0, 0.05) is 12.8 Å². The Labute approximate surface area is 286 Å². The summed E-state index contributed by atoms with van der Waals surface area (Å²) in [5, 5.41) is 30.6. The van der Waals surface area contributed by atoms with Crippen molar-refractivity contribution in [3.05, 3.63) is 48.6 Å². The lowest BCUT2D eigenvalue weighted by Crippen LogP contribution is -2.60. The van der Waals surface area contributed by atoms with Crippen LogP contribution in [0.25, 0.3) is 0 Å². The van der Waals surface area contributed by atoms with Gasteiger partial charge in [0.05, 0.1) is 6.61 Å². The van der Waals surface area contributed by atoms with Crippen molar-refractivity contribution in [3.8, 4) is 0 Å². The highest BCUT2D eigenvalue weighted by atomic mass is 32.2. The number of rotatable bonds is 26. The zero-order valence-electron chi connectivity index (χ0n) is 28.6. The molecule has 0 saturated carbocycles. The van der Waals surface area contributed by atoms with Crippen molar-refractivity contribution in [1.82, 2.24) is 0 Å². The van der Waals surface area contributed by atoms with Crippen LogP contribution in [0.2, 0.25) is 0 Å². The molecule has 4 N–H and O–H groups in total. The molecule has 0 aromatic rings. The Bertz CT molecular complexity index is 1100. The van der Waals surface area contributed by atoms with Crippen LogP contribution in [0.5, 0.6) is 0 Å². The molecule has 1 saturated heterocycles. The van der Waals surface area contributed by atoms with Crippen LogP contribution in [-0.2, 0) is 38.7 Å². The van der Waals surface area contributed by atoms with Crippen LogP contribution in [0.15, 0.2) is 48.6 Å². The SMILES string of the molecule is CC/C=C/C=C/C=C/CCCCCCCC(=O)OC(COC(=O)CC/C=C/CCCCC)CO[C@H]1O[C@H](CS(=O)(=O)O)[C@@H](O)C(O)C1O. The summed E-state index contributed by atoms with van der Waals surface area (Å²) in [7, 11) is -4.60. The largest absolute Gasteiger partial charge is 0.462 e. The summed E-state index contributed by atoms with van der Waals surface area (Å²) in [6, 6.07) is 0. The topological polar surface area (TPSA) is 186 Å². The maximum Gasteiger partial charge on any atom is 0.306 e. The number of unbranched alkanes of at least 4 members (excludes halogenated alkanes) is 8. The first-order valence-electron chi connectivity index (χ1n) is 17.2. The highest BCUT2D eigenvalue weighted by molar-refractivity contribution is 7.85. The van der Waals surface area contributed by atoms with Gasteiger partial charge in [-0.15, -0.1) is 0 Å². The van der Waals surface area contributed by atoms with E-state index in [2.05, 4.69) is 26.0 Å². The molecule has 13 heteroatoms. The van der Waals surface area contributed by atoms with E-state index in [-0.39, 0.29) is 19.4 Å². The maximum atomic E-state index is 12.6. The van der Waals surface area contributed by atoms with E-state index in [0.29, 0.717) is 12.8 Å². The van der Waals surface area contributed by atoms with E-state index in [4.69, 9.17) is 23.5 Å². The van der Waals surface area contributed by atoms with Gasteiger partial charge in [0.2, 0.25) is 0 Å². The van der Waals surface area contributed by atoms with E-state index < -0.39 is 71.2 Å². The summed E-state index contributed by atoms with van der Waals surface area (Å²) >= 11 is 0. The Morgan fingerprint density at radius 2 is 1.38 bits per heavy atom. The molecule has 1 fully saturated rings. The fraction of sp³-hybridized carbons (Fsp3) is 0.714. The monoisotopic (exact) mass is 702 g/mol. The van der Waals surface area contributed by atoms with Gasteiger partial charge in [-0.2, -0.15) is 8.42 Å². The van der Waals surface area contributed by atoms with Gasteiger partial charge in [-0.25, -0.2) is 0 Å². The van der Waals surface area contributed by atoms with Gasteiger partial charge in [-0.05, 0) is 44.9 Å². The molecule has 0 bridgehead atoms. The van der Waals surface area contributed by atoms with E-state index >= 15 is 0 Å². The summed E-state index contributed by atoms with van der Waals surface area (Å²) in [6.45, 7) is 3.44. The lowest BCUT2D eigenvalue weighted by molar-refractivity contribution is -0.297. The van der Waals surface area contributed by atoms with Crippen molar-refractivity contribution in [2.75, 3.05) is 19.0 Å². The normalized spacial score (nSPS) is 22.7. The fourth-order valence-electron chi connectivity index (χ4n) is 4.75. The lowest BCUT2D eigenvalue weighted by atomic mass is 10.00. The van der Waals surface area contributed by atoms with Gasteiger partial charge in [-0.3, -0.25) is 14.1 Å². The molecule has 12 nitrogen and oxygen atoms in total. The minimum absolute atomic E-state index is 0.125. The Hall–Kier alpha value is -2.39. The second-order valence-corrected chi connectivity index (χ2v) is 13.4. The summed E-state index contributed by atoms with van der Waals surface area (Å²) in [5.41, 5.74) is 0. The molecule has 0 aliphatic carbocycles. The van der Waals surface area contributed by atoms with Gasteiger partial charge in [-0.1, -0.05) is 94.6 Å². The number of hydrogen-bond acceptors (Lipinski definition) is 11. The standard InChI is InChI=1S/C35H58O12S/c1-3-5-7-9-11-12-13-14-15-16-18-20-22-24-31(37)46-28(25-44-30(36)23-21-19-17-10-8-6-4-2)26-45-35-34(40)33(39)32(38)29(47-35)27-48(41,42)43/h5,7,9,11-13,17,19,28-29,32-35,38-40H,3-4,6,8,10,14-16,18,20-27H2,1-2H3,(H,41,42,43)/b7-5+,11-9+,13-12+,19-17+/t28?,29-,32-,33?,34?,35+/m1/s1. The molecule has 1 heterocycles. The second kappa shape index (κ2) is 26.5. The zero-order chi connectivity index (χ0) is 35.6. The van der Waals surface area contributed by atoms with E-state index in [9.17, 15) is 33.3 Å². The van der Waals surface area contributed by atoms with Gasteiger partial charge in [0.25, 0.3) is 10.1 Å². The number of hydrogen-bond donors (Lipinski definition) is 4. The molecule has 1 aliphatic heterocycles. The number of allylic oxidation sites excluding steroid dienone is 8. The molecule has 0 aromatic carbocycles. The third kappa shape index (κ3) is 21.6. The smallest absolute Gasteiger partial charge is 0.306 e. The molecular formula is C35H58O12S. The van der Waals surface area contributed by atoms with Gasteiger partial charge in [0.1, 0.15) is 36.8 Å². The minimum atomic E-state index is -4.60. The average Bonchev–Trinajstić information content (AvgIpc) is 3.04. The number of carbonyl (C=O) groups is 2. The van der Waals surface area contributed by atoms with Crippen LogP contribution in [0.1, 0.15) is 104 Å². The van der Waals surface area contributed by atoms with Gasteiger partial charge in [0.15, 0.2) is 12.4 Å². The summed E-state index contributed by atoms with van der Waals surface area (Å²) in [5.74, 6) is -2.09. The van der Waals surface area contributed by atoms with E-state index in [1.165, 1.54) is 0 Å². The first-order valence-corrected chi connectivity index (χ1v) is 18.8. The maximum absolute atomic E-state index is 12.6. The van der Waals surface area contributed by atoms with E-state index in [0.717, 1.165) is 64.2 Å². The highest BCUT2D eigenvalue weighted by Gasteiger charge is 2.46. The first kappa shape index (κ1) is 43.6. The fourth-order valence-corrected chi connectivity index (χ4v) is 5.44. The number of carbonyl (C=O) groups excluding carboxylic acids is 2. The van der Waals surface area contributed by atoms with Crippen LogP contribution in [0.4, 0.5) is 0 Å². The van der Waals surface area contributed by atoms with Crippen LogP contribution in [0, 0.1) is 0 Å². The molecule has 0 amide bonds. The van der Waals surface area contributed by atoms with Crippen LogP contribution in [-0.4, -0.2) is 96.0 Å². The van der Waals surface area contributed by atoms with Gasteiger partial charge < -0.3 is 34.3 Å². The molecule has 0 radical (unpaired) electrons. The number of ether oxygens (including phenoxy) is 4. The van der Waals surface area contributed by atoms with E-state index in [1.807, 2.05) is 36.5 Å². The second-order valence-electron chi connectivity index (χ2n) is 11.9. The van der Waals surface area contributed by atoms with Crippen molar-refractivity contribution in [3.63, 3.8) is 0 Å². The van der Waals surface area contributed by atoms with Crippen molar-refractivity contribution >= 4 is 22.1 Å². The van der Waals surface area contributed by atoms with E-state index in [1.54, 1.807) is 0 Å². The molecule has 6 atom stereocenters. The summed E-state index contributed by atoms with van der Waals surface area (Å²) < 4.78 is 53.5. The van der Waals surface area contributed by atoms with Crippen LogP contribution < -0.4 is 0 Å². The van der Waals surface area contributed by atoms with Crippen LogP contribution in [0.3, 0.4) is 0 Å². The average molecular weight is 703 g/mol. The zero-order valence-corrected chi connectivity index (χ0v) is 29.4. The van der Waals surface area contributed by atoms with Crippen molar-refractivity contribution in [1.29, 1.82) is 0 Å². The first-order chi connectivity index (χ1) is 23.0. The molecule has 1 rings (SSSR count). The third-order valence-corrected chi connectivity index (χ3v) is 8.22. The number of aliphatic hydroxyl groups is 3. The van der Waals surface area contributed by atoms with Crippen molar-refractivity contribution in [2.24, 2.45) is 0 Å². The third-order valence-electron chi connectivity index (χ3n) is 7.47. The quantitative estimate of drug-likeness (QED) is 0.0315. The number of esters is 2. The Morgan fingerprint density at radius 1 is 0.729 bits per heavy atom. The predicted octanol–water partition coefficient (Wildman–Crippen LogP) is 4.88. The summed E-state index contributed by atoms with van der Waals surface area (Å²) in [6.07, 6.45) is 18.0. The summed E-state index contributed by atoms with van der Waals surface area (Å²) in [4.78, 5) is 25.0. The number of aliphatic hydroxyl groups excluding tert-OH is 3. The Kier molecular flexibility index (Phi) is 24.1. The molecule has 276 valence electrons. The van der Waals surface area contributed by atoms with Crippen LogP contribution >= 0.6 is 0 Å². The molecule has 1 aliphatic rings. The molecule has 3 unspecified atom stereocenters. The predicted molar refractivity (Wildman–Crippen MR) is 182 cm³/mol. The molecule has 0 aromatic heterocycles. The molecule has 48 heavy (non-hydrogen) atoms. The highest BCUT2D eigenvalue weighted by Crippen LogP contribution is 2.23. The molecular weight excluding hydrogens is 644 g/mol. The molecule has 0 spiro atoms. The van der Waals surface area contributed by atoms with Crippen molar-refractivity contribution in [2.45, 2.75) is 141 Å². The minimum Gasteiger partial charge on any atom is -0.462 e.